The molecule has 0 unspecified atom stereocenters. The van der Waals surface area contributed by atoms with Crippen LogP contribution in [-0.2, 0) is 11.3 Å². The maximum Gasteiger partial charge on any atom is 0.422 e. The van der Waals surface area contributed by atoms with E-state index in [2.05, 4.69) is 20.0 Å². The molecular weight excluding hydrogens is 445 g/mol. The number of hydrogen-bond donors (Lipinski definition) is 1. The molecular formula is C21H15F3N4O5. The molecule has 12 heteroatoms. The van der Waals surface area contributed by atoms with Gasteiger partial charge in [-0.1, -0.05) is 6.07 Å². The lowest BCUT2D eigenvalue weighted by molar-refractivity contribution is -0.161. The maximum atomic E-state index is 12.5. The zero-order valence-electron chi connectivity index (χ0n) is 17.0. The molecule has 0 aliphatic carbocycles. The van der Waals surface area contributed by atoms with Crippen molar-refractivity contribution >= 4 is 33.9 Å². The predicted molar refractivity (Wildman–Crippen MR) is 109 cm³/mol. The van der Waals surface area contributed by atoms with E-state index < -0.39 is 30.3 Å². The van der Waals surface area contributed by atoms with Crippen molar-refractivity contribution in [1.82, 2.24) is 19.9 Å². The van der Waals surface area contributed by atoms with Gasteiger partial charge in [-0.05, 0) is 30.7 Å². The van der Waals surface area contributed by atoms with Crippen LogP contribution in [-0.4, -0.2) is 39.3 Å². The van der Waals surface area contributed by atoms with E-state index in [4.69, 9.17) is 4.42 Å². The molecule has 1 N–H and O–H groups in total. The Morgan fingerprint density at radius 3 is 2.76 bits per heavy atom. The molecule has 9 nitrogen and oxygen atoms in total. The minimum absolute atomic E-state index is 0.0297. The Kier molecular flexibility index (Phi) is 5.58. The Balaban J connectivity index is 1.55. The van der Waals surface area contributed by atoms with Gasteiger partial charge in [-0.15, -0.1) is 0 Å². The third kappa shape index (κ3) is 4.54. The molecule has 0 radical (unpaired) electrons. The number of nitrogens with zero attached hydrogens (tertiary/aromatic N) is 3. The number of nitrogens with one attached hydrogen (secondary N) is 1. The number of furan rings is 1. The summed E-state index contributed by atoms with van der Waals surface area (Å²) in [6.07, 6.45) is -0.812. The number of pyridine rings is 1. The van der Waals surface area contributed by atoms with Gasteiger partial charge in [0.2, 0.25) is 0 Å². The summed E-state index contributed by atoms with van der Waals surface area (Å²) in [5.41, 5.74) is 0.320. The van der Waals surface area contributed by atoms with Crippen molar-refractivity contribution in [2.75, 3.05) is 6.61 Å². The van der Waals surface area contributed by atoms with E-state index in [1.54, 1.807) is 13.0 Å². The molecule has 1 aromatic carbocycles. The van der Waals surface area contributed by atoms with E-state index in [9.17, 15) is 27.6 Å². The third-order valence-electron chi connectivity index (χ3n) is 4.73. The van der Waals surface area contributed by atoms with E-state index in [-0.39, 0.29) is 28.8 Å². The molecule has 0 atom stereocenters. The van der Waals surface area contributed by atoms with Crippen LogP contribution in [0.5, 0.6) is 0 Å². The monoisotopic (exact) mass is 460 g/mol. The average molecular weight is 460 g/mol. The Morgan fingerprint density at radius 2 is 2.00 bits per heavy atom. The topological polar surface area (TPSA) is 116 Å². The van der Waals surface area contributed by atoms with Gasteiger partial charge in [0.15, 0.2) is 6.61 Å². The summed E-state index contributed by atoms with van der Waals surface area (Å²) in [6.45, 7) is -0.171. The highest BCUT2D eigenvalue weighted by molar-refractivity contribution is 6.03. The standard InChI is InChI=1S/C21H15F3N4O5/c1-11-2-3-13(19(30)32-9-21(22,23)24)17-14(11)6-12(33-17)7-26-20(31)28-10-27-16-4-5-25-8-15(16)18(28)29/h2-6,8,10H,7,9H2,1H3,(H,26,31). The molecule has 170 valence electrons. The number of aromatic nitrogens is 3. The van der Waals surface area contributed by atoms with Crippen molar-refractivity contribution in [3.05, 3.63) is 70.2 Å². The van der Waals surface area contributed by atoms with Crippen molar-refractivity contribution in [2.24, 2.45) is 0 Å². The van der Waals surface area contributed by atoms with E-state index >= 15 is 0 Å². The number of benzene rings is 1. The number of halogens is 3. The van der Waals surface area contributed by atoms with Crippen LogP contribution in [0.15, 0.2) is 52.2 Å². The minimum atomic E-state index is -4.66. The zero-order chi connectivity index (χ0) is 23.8. The summed E-state index contributed by atoms with van der Waals surface area (Å²) in [7, 11) is 0. The van der Waals surface area contributed by atoms with Gasteiger partial charge in [-0.25, -0.2) is 19.1 Å². The number of fused-ring (bicyclic) bond motifs is 2. The number of carbonyl (C=O) groups excluding carboxylic acids is 2. The van der Waals surface area contributed by atoms with E-state index in [1.807, 2.05) is 0 Å². The molecule has 0 bridgehead atoms. The number of carbonyl (C=O) groups is 2. The minimum Gasteiger partial charge on any atom is -0.458 e. The van der Waals surface area contributed by atoms with Crippen molar-refractivity contribution in [3.8, 4) is 0 Å². The summed E-state index contributed by atoms with van der Waals surface area (Å²) >= 11 is 0. The Hall–Kier alpha value is -4.22. The number of esters is 1. The van der Waals surface area contributed by atoms with Gasteiger partial charge in [0.25, 0.3) is 5.56 Å². The summed E-state index contributed by atoms with van der Waals surface area (Å²) in [5, 5.41) is 3.13. The first-order valence-corrected chi connectivity index (χ1v) is 9.49. The van der Waals surface area contributed by atoms with Gasteiger partial charge >= 0.3 is 18.2 Å². The molecule has 0 fully saturated rings. The molecule has 0 aliphatic heterocycles. The molecule has 1 amide bonds. The van der Waals surface area contributed by atoms with E-state index in [0.717, 1.165) is 10.9 Å². The number of hydrogen-bond acceptors (Lipinski definition) is 7. The molecule has 3 aromatic heterocycles. The summed E-state index contributed by atoms with van der Waals surface area (Å²) in [4.78, 5) is 45.0. The van der Waals surface area contributed by atoms with Crippen LogP contribution < -0.4 is 10.9 Å². The molecule has 0 saturated carbocycles. The lowest BCUT2D eigenvalue weighted by atomic mass is 10.1. The number of amides is 1. The van der Waals surface area contributed by atoms with Crippen LogP contribution >= 0.6 is 0 Å². The van der Waals surface area contributed by atoms with Gasteiger partial charge in [0.05, 0.1) is 17.4 Å². The second kappa shape index (κ2) is 8.37. The van der Waals surface area contributed by atoms with Crippen LogP contribution in [0.2, 0.25) is 0 Å². The van der Waals surface area contributed by atoms with Crippen LogP contribution in [0.3, 0.4) is 0 Å². The van der Waals surface area contributed by atoms with Crippen molar-refractivity contribution in [2.45, 2.75) is 19.6 Å². The average Bonchev–Trinajstić information content (AvgIpc) is 3.21. The summed E-state index contributed by atoms with van der Waals surface area (Å²) < 4.78 is 47.8. The van der Waals surface area contributed by atoms with Crippen LogP contribution in [0, 0.1) is 6.92 Å². The van der Waals surface area contributed by atoms with Gasteiger partial charge in [-0.2, -0.15) is 13.2 Å². The second-order valence-electron chi connectivity index (χ2n) is 7.05. The fraction of sp³-hybridized carbons (Fsp3) is 0.190. The first kappa shape index (κ1) is 22.0. The number of ether oxygens (including phenoxy) is 1. The largest absolute Gasteiger partial charge is 0.458 e. The Bertz CT molecular complexity index is 1440. The van der Waals surface area contributed by atoms with E-state index in [1.165, 1.54) is 30.6 Å². The van der Waals surface area contributed by atoms with Gasteiger partial charge < -0.3 is 14.5 Å². The molecule has 4 rings (SSSR count). The zero-order valence-corrected chi connectivity index (χ0v) is 17.0. The van der Waals surface area contributed by atoms with Crippen LogP contribution in [0.1, 0.15) is 21.7 Å². The second-order valence-corrected chi connectivity index (χ2v) is 7.05. The molecule has 33 heavy (non-hydrogen) atoms. The third-order valence-corrected chi connectivity index (χ3v) is 4.73. The predicted octanol–water partition coefficient (Wildman–Crippen LogP) is 3.32. The normalized spacial score (nSPS) is 11.6. The molecule has 4 aromatic rings. The molecule has 0 aliphatic rings. The van der Waals surface area contributed by atoms with Gasteiger partial charge in [0, 0.05) is 17.8 Å². The van der Waals surface area contributed by atoms with Gasteiger partial charge in [0.1, 0.15) is 23.2 Å². The number of rotatable bonds is 4. The molecule has 0 saturated heterocycles. The number of aryl methyl sites for hydroxylation is 1. The van der Waals surface area contributed by atoms with Crippen molar-refractivity contribution in [1.29, 1.82) is 0 Å². The van der Waals surface area contributed by atoms with Gasteiger partial charge in [-0.3, -0.25) is 9.78 Å². The van der Waals surface area contributed by atoms with Crippen molar-refractivity contribution < 1.29 is 31.9 Å². The summed E-state index contributed by atoms with van der Waals surface area (Å²) in [6, 6.07) is 5.14. The SMILES string of the molecule is Cc1ccc(C(=O)OCC(F)(F)F)c2oc(CNC(=O)n3cnc4ccncc4c3=O)cc12. The molecule has 3 heterocycles. The molecule has 0 spiro atoms. The lowest BCUT2D eigenvalue weighted by Crippen LogP contribution is -2.36. The smallest absolute Gasteiger partial charge is 0.422 e. The number of alkyl halides is 3. The lowest BCUT2D eigenvalue weighted by Gasteiger charge is -2.08. The highest BCUT2D eigenvalue weighted by atomic mass is 19.4. The Labute approximate surface area is 182 Å². The quantitative estimate of drug-likeness (QED) is 0.465. The highest BCUT2D eigenvalue weighted by Crippen LogP contribution is 2.27. The Morgan fingerprint density at radius 1 is 1.21 bits per heavy atom. The van der Waals surface area contributed by atoms with E-state index in [0.29, 0.717) is 16.5 Å². The maximum absolute atomic E-state index is 12.5. The fourth-order valence-corrected chi connectivity index (χ4v) is 3.14. The fourth-order valence-electron chi connectivity index (χ4n) is 3.14. The van der Waals surface area contributed by atoms with Crippen LogP contribution in [0.25, 0.3) is 21.9 Å². The van der Waals surface area contributed by atoms with Crippen molar-refractivity contribution in [3.63, 3.8) is 0 Å². The highest BCUT2D eigenvalue weighted by Gasteiger charge is 2.30. The van der Waals surface area contributed by atoms with Crippen LogP contribution in [0.4, 0.5) is 18.0 Å². The first-order chi connectivity index (χ1) is 15.6. The summed E-state index contributed by atoms with van der Waals surface area (Å²) in [5.74, 6) is -0.981. The first-order valence-electron chi connectivity index (χ1n) is 9.49.